The van der Waals surface area contributed by atoms with Gasteiger partial charge >= 0.3 is 0 Å². The van der Waals surface area contributed by atoms with E-state index >= 15 is 0 Å². The number of hydrogen-bond donors (Lipinski definition) is 0. The molecule has 25 heteroatoms. The smallest absolute Gasteiger partial charge is 0.242 e. The van der Waals surface area contributed by atoms with Crippen molar-refractivity contribution in [2.24, 2.45) is 55.2 Å². The van der Waals surface area contributed by atoms with Crippen LogP contribution in [0.3, 0.4) is 0 Å². The van der Waals surface area contributed by atoms with Gasteiger partial charge in [-0.3, -0.25) is 43.4 Å². The lowest BCUT2D eigenvalue weighted by Gasteiger charge is -2.59. The number of ether oxygens (including phenoxy) is 7. The van der Waals surface area contributed by atoms with Crippen LogP contribution < -0.4 is 0 Å². The van der Waals surface area contributed by atoms with Crippen molar-refractivity contribution in [3.05, 3.63) is 11.8 Å². The first-order valence-electron chi connectivity index (χ1n) is 52.0. The first-order chi connectivity index (χ1) is 61.5. The maximum atomic E-state index is 11.8. The summed E-state index contributed by atoms with van der Waals surface area (Å²) in [6.07, 6.45) is 10.9. The van der Waals surface area contributed by atoms with E-state index in [1.54, 1.807) is 32.6 Å². The predicted octanol–water partition coefficient (Wildman–Crippen LogP) is 24.2. The number of amides is 4. The lowest BCUT2D eigenvalue weighted by Crippen LogP contribution is -2.69. The summed E-state index contributed by atoms with van der Waals surface area (Å²) in [6, 6.07) is 0. The molecular formula is C113H220N8O17. The number of carbonyl (C=O) groups excluding carboxylic acids is 9. The van der Waals surface area contributed by atoms with Crippen molar-refractivity contribution in [2.45, 2.75) is 507 Å². The Kier molecular flexibility index (Phi) is 61.4. The maximum absolute atomic E-state index is 11.8. The number of likely N-dealkylation sites (tertiary alicyclic amines) is 5. The molecule has 7 aliphatic heterocycles. The van der Waals surface area contributed by atoms with E-state index in [1.807, 2.05) is 202 Å². The van der Waals surface area contributed by atoms with E-state index in [9.17, 15) is 43.2 Å². The summed E-state index contributed by atoms with van der Waals surface area (Å²) in [5.74, 6) is 3.97. The second kappa shape index (κ2) is 60.8. The second-order valence-electron chi connectivity index (χ2n) is 54.6. The van der Waals surface area contributed by atoms with Crippen molar-refractivity contribution < 1.29 is 80.7 Å². The summed E-state index contributed by atoms with van der Waals surface area (Å²) in [7, 11) is 0. The second-order valence-corrected chi connectivity index (χ2v) is 54.6. The van der Waals surface area contributed by atoms with Gasteiger partial charge in [-0.2, -0.15) is 0 Å². The van der Waals surface area contributed by atoms with Gasteiger partial charge in [0.2, 0.25) is 35.4 Å². The molecule has 0 radical (unpaired) electrons. The zero-order valence-electron chi connectivity index (χ0n) is 99.5. The molecule has 1 aromatic heterocycles. The van der Waals surface area contributed by atoms with Crippen molar-refractivity contribution in [1.29, 1.82) is 0 Å². The van der Waals surface area contributed by atoms with E-state index in [1.165, 1.54) is 13.1 Å². The van der Waals surface area contributed by atoms with Crippen molar-refractivity contribution in [3.63, 3.8) is 0 Å². The average Bonchev–Trinajstić information content (AvgIpc) is 0.773. The quantitative estimate of drug-likeness (QED) is 0.117. The fourth-order valence-electron chi connectivity index (χ4n) is 13.1. The number of hydrogen-bond acceptors (Lipinski definition) is 21. The number of carbonyl (C=O) groups is 9. The largest absolute Gasteiger partial charge is 0.423 e. The number of morpholine rings is 1. The Bertz CT molecular complexity index is 3560. The van der Waals surface area contributed by atoms with Crippen LogP contribution in [0, 0.1) is 62.1 Å². The van der Waals surface area contributed by atoms with Gasteiger partial charge in [-0.25, -0.2) is 0 Å². The van der Waals surface area contributed by atoms with Gasteiger partial charge in [0.1, 0.15) is 35.5 Å². The van der Waals surface area contributed by atoms with E-state index in [4.69, 9.17) is 37.6 Å². The fraction of sp³-hybridized carbons (Fsp3) is 0.903. The van der Waals surface area contributed by atoms with E-state index in [0.29, 0.717) is 105 Å². The molecule has 0 N–H and O–H groups in total. The highest BCUT2D eigenvalue weighted by atomic mass is 16.5. The highest BCUT2D eigenvalue weighted by molar-refractivity contribution is 5.84. The molecule has 814 valence electrons. The highest BCUT2D eigenvalue weighted by Gasteiger charge is 2.52. The molecule has 138 heavy (non-hydrogen) atoms. The van der Waals surface area contributed by atoms with E-state index in [-0.39, 0.29) is 104 Å². The fourth-order valence-corrected chi connectivity index (χ4v) is 13.1. The van der Waals surface area contributed by atoms with Crippen LogP contribution in [0.4, 0.5) is 0 Å². The topological polar surface area (TPSA) is 277 Å². The minimum Gasteiger partial charge on any atom is -0.423 e. The zero-order valence-corrected chi connectivity index (χ0v) is 99.5. The number of rotatable bonds is 20. The van der Waals surface area contributed by atoms with Crippen LogP contribution in [-0.2, 0) is 82.9 Å². The van der Waals surface area contributed by atoms with Gasteiger partial charge in [-0.05, 0) is 218 Å². The first-order valence-corrected chi connectivity index (χ1v) is 52.0. The molecule has 7 fully saturated rings. The summed E-state index contributed by atoms with van der Waals surface area (Å²) in [6.45, 7) is 121. The summed E-state index contributed by atoms with van der Waals surface area (Å²) in [5.41, 5.74) is 1.78. The summed E-state index contributed by atoms with van der Waals surface area (Å²) < 4.78 is 43.9. The molecule has 7 aliphatic rings. The molecule has 0 unspecified atom stereocenters. The lowest BCUT2D eigenvalue weighted by molar-refractivity contribution is -0.207. The van der Waals surface area contributed by atoms with Gasteiger partial charge in [0.15, 0.2) is 0 Å². The van der Waals surface area contributed by atoms with Gasteiger partial charge < -0.3 is 66.8 Å². The molecule has 0 atom stereocenters. The molecule has 8 heterocycles. The van der Waals surface area contributed by atoms with Crippen molar-refractivity contribution in [2.75, 3.05) is 105 Å². The Morgan fingerprint density at radius 2 is 0.717 bits per heavy atom. The highest BCUT2D eigenvalue weighted by Crippen LogP contribution is 2.41. The van der Waals surface area contributed by atoms with Crippen LogP contribution >= 0.6 is 0 Å². The Hall–Kier alpha value is -4.99. The summed E-state index contributed by atoms with van der Waals surface area (Å²) >= 11 is 0. The molecule has 7 saturated heterocycles. The molecule has 0 aromatic carbocycles. The third-order valence-electron chi connectivity index (χ3n) is 22.0. The van der Waals surface area contributed by atoms with Gasteiger partial charge in [0.05, 0.1) is 78.8 Å². The molecule has 4 amide bonds. The van der Waals surface area contributed by atoms with Gasteiger partial charge in [-0.1, -0.05) is 187 Å². The summed E-state index contributed by atoms with van der Waals surface area (Å²) in [5, 5.41) is 7.50. The van der Waals surface area contributed by atoms with Gasteiger partial charge in [0.25, 0.3) is 0 Å². The molecule has 25 nitrogen and oxygen atoms in total. The van der Waals surface area contributed by atoms with Crippen molar-refractivity contribution >= 4 is 52.5 Å². The molecular weight excluding hydrogens is 1740 g/mol. The SMILES string of the molecule is CC(=O)CCC(C)(C)C.CC(=O)CCC(C)(C)C.CC(=O)N1CC(OC(C)(C)C)C1.CC(C)(C)CCC(=O)C(C)(C)C.CC(C)(C)N1CC2(COC2)C1.CC(C)(C)N1CCOCC1.CC(C)(C)OC1CN(C(=O)C(C)(C)C)C1.CC(C)C(=O)CCC(C)(C)C.CC(C)C(=O)N1CC(OC(C)(C)C)C1.CCC(=O)CCC(C)(C)C.CCC(=O)N1CC(OC(C)(C)C)C1.Cc1nnc(COC(C)(C)C)o1. The number of nitrogens with zero attached hydrogens (tertiary/aromatic N) is 8. The van der Waals surface area contributed by atoms with Crippen molar-refractivity contribution in [1.82, 2.24) is 39.6 Å². The minimum absolute atomic E-state index is 0.0897. The maximum Gasteiger partial charge on any atom is 0.242 e. The van der Waals surface area contributed by atoms with E-state index < -0.39 is 0 Å². The molecule has 0 aliphatic carbocycles. The Morgan fingerprint density at radius 1 is 0.384 bits per heavy atom. The molecule has 8 rings (SSSR count). The summed E-state index contributed by atoms with van der Waals surface area (Å²) in [4.78, 5) is 112. The molecule has 1 aromatic rings. The van der Waals surface area contributed by atoms with Crippen LogP contribution in [0.2, 0.25) is 0 Å². The standard InChI is InChI=1S/C12H23NO2.C11H21NO2.C11H22O.C10H19NO2.C10H20O.C9H17NO2.C9H17NO.C9H18O.C8H14N2O2.C8H17NO.2C8H16O/c1-11(2,3)10(14)13-7-9(8-13)15-12(4,5)6;1-8(2)10(13)12-6-9(7-12)14-11(3,4)5;1-10(2,3)8-7-9(12)11(4,5)6;1-5-9(12)11-6-8(7-11)13-10(2,3)4;1-8(2)9(11)6-7-10(3,4)5;1-7(11)10-5-8(6-10)12-9(2,3)4;1-8(2,3)10-4-9(5-10)6-11-7-9;1-5-8(10)6-7-9(2,3)4;1-6-9-10-7(12-6)5-11-8(2,3)4;1-8(2,3)9-4-6-10-7-5-9;2*1-7(9)5-6-8(2,3)4/h9H,7-8H2,1-6H3;8-9H,6-7H2,1-5H3;7-8H2,1-6H3;8H,5-7H2,1-4H3;8H,6-7H2,1-5H3;8H,5-6H2,1-4H3;4-7H2,1-3H3;5-7H2,1-4H3;5H2,1-4H3;4-7H2,1-3H3;2*5-6H2,1-4H3. The normalized spacial score (nSPS) is 16.9. The number of ketones is 5. The zero-order chi connectivity index (χ0) is 109. The van der Waals surface area contributed by atoms with Crippen LogP contribution in [-0.4, -0.2) is 261 Å². The van der Waals surface area contributed by atoms with E-state index in [2.05, 4.69) is 165 Å². The Balaban J connectivity index is -0.000000712. The van der Waals surface area contributed by atoms with Crippen LogP contribution in [0.15, 0.2) is 4.42 Å². The van der Waals surface area contributed by atoms with Crippen LogP contribution in [0.25, 0.3) is 0 Å². The third kappa shape index (κ3) is 76.6. The van der Waals surface area contributed by atoms with Gasteiger partial charge in [0, 0.05) is 176 Å². The van der Waals surface area contributed by atoms with Crippen LogP contribution in [0.1, 0.15) is 442 Å². The average molecular weight is 1960 g/mol. The number of aromatic nitrogens is 2. The van der Waals surface area contributed by atoms with Gasteiger partial charge in [-0.15, -0.1) is 10.2 Å². The number of aryl methyl sites for hydroxylation is 1. The Morgan fingerprint density at radius 3 is 0.964 bits per heavy atom. The van der Waals surface area contributed by atoms with Crippen molar-refractivity contribution in [3.8, 4) is 0 Å². The van der Waals surface area contributed by atoms with Crippen LogP contribution in [0.5, 0.6) is 0 Å². The minimum atomic E-state index is -0.271. The molecule has 0 saturated carbocycles. The third-order valence-corrected chi connectivity index (χ3v) is 22.0. The predicted molar refractivity (Wildman–Crippen MR) is 570 cm³/mol. The number of Topliss-reactive ketones (excluding diaryl/α,β-unsaturated/α-hetero) is 5. The first kappa shape index (κ1) is 139. The Labute approximate surface area is 847 Å². The lowest BCUT2D eigenvalue weighted by atomic mass is 9.75. The molecule has 1 spiro atoms. The van der Waals surface area contributed by atoms with E-state index in [0.717, 1.165) is 150 Å². The molecule has 0 bridgehead atoms. The monoisotopic (exact) mass is 1960 g/mol.